The summed E-state index contributed by atoms with van der Waals surface area (Å²) in [5.74, 6) is 0. The minimum absolute atomic E-state index is 0.125. The van der Waals surface area contributed by atoms with Gasteiger partial charge in [0.2, 0.25) is 0 Å². The van der Waals surface area contributed by atoms with E-state index in [4.69, 9.17) is 5.73 Å². The molecule has 0 aliphatic heterocycles. The highest BCUT2D eigenvalue weighted by Gasteiger charge is 2.39. The van der Waals surface area contributed by atoms with Gasteiger partial charge in [0.1, 0.15) is 5.56 Å². The predicted octanol–water partition coefficient (Wildman–Crippen LogP) is 2.83. The quantitative estimate of drug-likeness (QED) is 0.674. The van der Waals surface area contributed by atoms with Crippen molar-refractivity contribution in [1.82, 2.24) is 0 Å². The molecule has 0 heterocycles. The number of rotatable bonds is 2. The summed E-state index contributed by atoms with van der Waals surface area (Å²) in [6, 6.07) is 1.89. The Morgan fingerprint density at radius 3 is 2.38 bits per heavy atom. The zero-order valence-corrected chi connectivity index (χ0v) is 9.30. The molecule has 8 heteroatoms. The van der Waals surface area contributed by atoms with Crippen molar-refractivity contribution in [3.05, 3.63) is 37.8 Å². The molecule has 4 nitrogen and oxygen atoms in total. The van der Waals surface area contributed by atoms with Crippen LogP contribution in [0.1, 0.15) is 11.1 Å². The van der Waals surface area contributed by atoms with Gasteiger partial charge in [0.25, 0.3) is 5.69 Å². The highest BCUT2D eigenvalue weighted by atomic mass is 79.9. The van der Waals surface area contributed by atoms with Crippen molar-refractivity contribution in [3.8, 4) is 0 Å². The Labute approximate surface area is 96.5 Å². The molecule has 2 N–H and O–H groups in total. The lowest BCUT2D eigenvalue weighted by Crippen LogP contribution is -2.11. The average Bonchev–Trinajstić information content (AvgIpc) is 2.14. The molecule has 0 aliphatic rings. The number of hydrogen-bond acceptors (Lipinski definition) is 3. The van der Waals surface area contributed by atoms with Gasteiger partial charge in [0, 0.05) is 6.54 Å². The molecule has 1 rings (SSSR count). The van der Waals surface area contributed by atoms with E-state index >= 15 is 0 Å². The summed E-state index contributed by atoms with van der Waals surface area (Å²) in [7, 11) is 0. The SMILES string of the molecule is NCc1cc(Br)c([N+](=O)[O-])c(C(F)(F)F)c1. The summed E-state index contributed by atoms with van der Waals surface area (Å²) in [5.41, 5.74) is 3.08. The number of nitrogens with two attached hydrogens (primary N) is 1. The van der Waals surface area contributed by atoms with Crippen LogP contribution < -0.4 is 5.73 Å². The van der Waals surface area contributed by atoms with Crippen molar-refractivity contribution in [2.24, 2.45) is 5.73 Å². The van der Waals surface area contributed by atoms with Crippen LogP contribution in [0, 0.1) is 10.1 Å². The lowest BCUT2D eigenvalue weighted by molar-refractivity contribution is -0.388. The molecule has 0 radical (unpaired) electrons. The van der Waals surface area contributed by atoms with Crippen molar-refractivity contribution in [3.63, 3.8) is 0 Å². The molecule has 0 bridgehead atoms. The third-order valence-corrected chi connectivity index (χ3v) is 2.45. The van der Waals surface area contributed by atoms with Crippen molar-refractivity contribution >= 4 is 21.6 Å². The Balaban J connectivity index is 3.53. The molecule has 1 aromatic carbocycles. The molecule has 0 aliphatic carbocycles. The van der Waals surface area contributed by atoms with Crippen molar-refractivity contribution in [1.29, 1.82) is 0 Å². The van der Waals surface area contributed by atoms with Gasteiger partial charge in [-0.2, -0.15) is 13.2 Å². The zero-order valence-electron chi connectivity index (χ0n) is 7.71. The van der Waals surface area contributed by atoms with Gasteiger partial charge in [0.05, 0.1) is 9.40 Å². The molecule has 0 unspecified atom stereocenters. The van der Waals surface area contributed by atoms with Crippen LogP contribution in [-0.4, -0.2) is 4.92 Å². The van der Waals surface area contributed by atoms with Crippen LogP contribution in [-0.2, 0) is 12.7 Å². The monoisotopic (exact) mass is 298 g/mol. The molecule has 0 fully saturated rings. The van der Waals surface area contributed by atoms with Crippen LogP contribution >= 0.6 is 15.9 Å². The fourth-order valence-electron chi connectivity index (χ4n) is 1.17. The second-order valence-electron chi connectivity index (χ2n) is 2.93. The predicted molar refractivity (Wildman–Crippen MR) is 53.7 cm³/mol. The summed E-state index contributed by atoms with van der Waals surface area (Å²) in [6.07, 6.45) is -4.78. The number of nitrogens with zero attached hydrogens (tertiary/aromatic N) is 1. The van der Waals surface area contributed by atoms with E-state index in [1.165, 1.54) is 6.07 Å². The van der Waals surface area contributed by atoms with Gasteiger partial charge in [-0.3, -0.25) is 10.1 Å². The number of halogens is 4. The zero-order chi connectivity index (χ0) is 12.5. The van der Waals surface area contributed by atoms with Gasteiger partial charge in [-0.15, -0.1) is 0 Å². The standard InChI is InChI=1S/C8H6BrF3N2O2/c9-6-2-4(3-13)1-5(8(10,11)12)7(6)14(15)16/h1-2H,3,13H2. The van der Waals surface area contributed by atoms with Gasteiger partial charge in [0.15, 0.2) is 0 Å². The lowest BCUT2D eigenvalue weighted by atomic mass is 10.1. The van der Waals surface area contributed by atoms with Crippen molar-refractivity contribution in [2.45, 2.75) is 12.7 Å². The fraction of sp³-hybridized carbons (Fsp3) is 0.250. The average molecular weight is 299 g/mol. The summed E-state index contributed by atoms with van der Waals surface area (Å²) in [6.45, 7) is -0.125. The van der Waals surface area contributed by atoms with E-state index in [9.17, 15) is 23.3 Å². The maximum atomic E-state index is 12.5. The van der Waals surface area contributed by atoms with E-state index in [2.05, 4.69) is 15.9 Å². The first kappa shape index (κ1) is 12.9. The Morgan fingerprint density at radius 2 is 2.00 bits per heavy atom. The Hall–Kier alpha value is -1.15. The van der Waals surface area contributed by atoms with E-state index in [1.54, 1.807) is 0 Å². The molecule has 1 aromatic rings. The second-order valence-corrected chi connectivity index (χ2v) is 3.79. The molecule has 0 amide bonds. The first-order valence-corrected chi connectivity index (χ1v) is 4.80. The third-order valence-electron chi connectivity index (χ3n) is 1.85. The van der Waals surface area contributed by atoms with E-state index < -0.39 is 22.4 Å². The maximum Gasteiger partial charge on any atom is 0.423 e. The van der Waals surface area contributed by atoms with Crippen LogP contribution in [0.2, 0.25) is 0 Å². The number of hydrogen-bond donors (Lipinski definition) is 1. The van der Waals surface area contributed by atoms with Crippen LogP contribution in [0.25, 0.3) is 0 Å². The van der Waals surface area contributed by atoms with Crippen LogP contribution in [0.5, 0.6) is 0 Å². The largest absolute Gasteiger partial charge is 0.423 e. The molecule has 0 atom stereocenters. The Morgan fingerprint density at radius 1 is 1.44 bits per heavy atom. The van der Waals surface area contributed by atoms with Gasteiger partial charge in [-0.25, -0.2) is 0 Å². The summed E-state index contributed by atoms with van der Waals surface area (Å²) >= 11 is 2.73. The number of benzene rings is 1. The van der Waals surface area contributed by atoms with Crippen molar-refractivity contribution < 1.29 is 18.1 Å². The molecular weight excluding hydrogens is 293 g/mol. The van der Waals surface area contributed by atoms with Crippen molar-refractivity contribution in [2.75, 3.05) is 0 Å². The molecule has 0 aromatic heterocycles. The topological polar surface area (TPSA) is 69.2 Å². The Kier molecular flexibility index (Phi) is 3.54. The fourth-order valence-corrected chi connectivity index (χ4v) is 1.83. The minimum atomic E-state index is -4.78. The van der Waals surface area contributed by atoms with E-state index in [0.29, 0.717) is 6.07 Å². The first-order chi connectivity index (χ1) is 7.27. The minimum Gasteiger partial charge on any atom is -0.326 e. The Bertz CT molecular complexity index is 434. The molecule has 0 spiro atoms. The third kappa shape index (κ3) is 2.50. The molecule has 0 saturated heterocycles. The summed E-state index contributed by atoms with van der Waals surface area (Å²) in [4.78, 5) is 9.46. The van der Waals surface area contributed by atoms with Gasteiger partial charge < -0.3 is 5.73 Å². The smallest absolute Gasteiger partial charge is 0.326 e. The second kappa shape index (κ2) is 4.38. The summed E-state index contributed by atoms with van der Waals surface area (Å²) in [5, 5.41) is 10.5. The van der Waals surface area contributed by atoms with E-state index in [-0.39, 0.29) is 16.6 Å². The highest BCUT2D eigenvalue weighted by Crippen LogP contribution is 2.40. The van der Waals surface area contributed by atoms with Gasteiger partial charge >= 0.3 is 6.18 Å². The van der Waals surface area contributed by atoms with E-state index in [0.717, 1.165) is 0 Å². The van der Waals surface area contributed by atoms with Gasteiger partial charge in [-0.05, 0) is 33.6 Å². The van der Waals surface area contributed by atoms with Gasteiger partial charge in [-0.1, -0.05) is 0 Å². The maximum absolute atomic E-state index is 12.5. The highest BCUT2D eigenvalue weighted by molar-refractivity contribution is 9.10. The first-order valence-electron chi connectivity index (χ1n) is 4.01. The number of nitro groups is 1. The summed E-state index contributed by atoms with van der Waals surface area (Å²) < 4.78 is 37.4. The van der Waals surface area contributed by atoms with Crippen LogP contribution in [0.3, 0.4) is 0 Å². The number of nitro benzene ring substituents is 1. The normalized spacial score (nSPS) is 11.6. The van der Waals surface area contributed by atoms with Crippen LogP contribution in [0.15, 0.2) is 16.6 Å². The van der Waals surface area contributed by atoms with E-state index in [1.807, 2.05) is 0 Å². The molecular formula is C8H6BrF3N2O2. The van der Waals surface area contributed by atoms with Crippen LogP contribution in [0.4, 0.5) is 18.9 Å². The number of alkyl halides is 3. The molecule has 88 valence electrons. The molecule has 0 saturated carbocycles. The lowest BCUT2D eigenvalue weighted by Gasteiger charge is -2.10. The molecule has 16 heavy (non-hydrogen) atoms.